The van der Waals surface area contributed by atoms with E-state index in [9.17, 15) is 9.18 Å². The topological polar surface area (TPSA) is 45.2 Å². The molecular formula is C15H16FN3O. The Morgan fingerprint density at radius 1 is 1.30 bits per heavy atom. The molecule has 1 amide bonds. The number of hydrogen-bond acceptors (Lipinski definition) is 3. The first kappa shape index (κ1) is 14.0. The molecule has 0 unspecified atom stereocenters. The quantitative estimate of drug-likeness (QED) is 0.935. The van der Waals surface area contributed by atoms with Crippen LogP contribution in [-0.4, -0.2) is 25.0 Å². The van der Waals surface area contributed by atoms with E-state index in [2.05, 4.69) is 10.3 Å². The minimum absolute atomic E-state index is 0.0177. The van der Waals surface area contributed by atoms with Gasteiger partial charge < -0.3 is 10.2 Å². The molecule has 104 valence electrons. The summed E-state index contributed by atoms with van der Waals surface area (Å²) in [4.78, 5) is 17.9. The Bertz CT molecular complexity index is 641. The second-order valence-corrected chi connectivity index (χ2v) is 4.72. The highest BCUT2D eigenvalue weighted by Gasteiger charge is 2.14. The lowest BCUT2D eigenvalue weighted by Crippen LogP contribution is -2.18. The monoisotopic (exact) mass is 273 g/mol. The highest BCUT2D eigenvalue weighted by Crippen LogP contribution is 2.23. The maximum atomic E-state index is 13.8. The molecule has 20 heavy (non-hydrogen) atoms. The predicted octanol–water partition coefficient (Wildman–Crippen LogP) is 2.85. The van der Waals surface area contributed by atoms with E-state index in [1.54, 1.807) is 31.5 Å². The third-order valence-corrected chi connectivity index (χ3v) is 2.90. The first-order chi connectivity index (χ1) is 9.49. The molecule has 0 saturated heterocycles. The first-order valence-corrected chi connectivity index (χ1v) is 6.18. The summed E-state index contributed by atoms with van der Waals surface area (Å²) in [6.45, 7) is 1.77. The van der Waals surface area contributed by atoms with Crippen LogP contribution in [0, 0.1) is 12.7 Å². The number of halogens is 1. The fraction of sp³-hybridized carbons (Fsp3) is 0.200. The number of amides is 1. The number of anilines is 2. The van der Waals surface area contributed by atoms with Crippen molar-refractivity contribution in [1.82, 2.24) is 4.98 Å². The average molecular weight is 273 g/mol. The minimum Gasteiger partial charge on any atom is -0.376 e. The van der Waals surface area contributed by atoms with Gasteiger partial charge in [0.2, 0.25) is 0 Å². The van der Waals surface area contributed by atoms with Crippen LogP contribution in [0.5, 0.6) is 0 Å². The van der Waals surface area contributed by atoms with Crippen LogP contribution in [0.3, 0.4) is 0 Å². The number of nitrogens with zero attached hydrogens (tertiary/aromatic N) is 2. The molecule has 5 heteroatoms. The van der Waals surface area contributed by atoms with Crippen LogP contribution in [0.25, 0.3) is 0 Å². The number of aryl methyl sites for hydroxylation is 1. The molecule has 0 radical (unpaired) electrons. The molecule has 0 bridgehead atoms. The lowest BCUT2D eigenvalue weighted by molar-refractivity contribution is 0.102. The van der Waals surface area contributed by atoms with Crippen molar-refractivity contribution in [1.29, 1.82) is 0 Å². The van der Waals surface area contributed by atoms with E-state index in [1.165, 1.54) is 12.1 Å². The normalized spacial score (nSPS) is 10.2. The molecule has 1 heterocycles. The van der Waals surface area contributed by atoms with Crippen LogP contribution in [0.2, 0.25) is 0 Å². The van der Waals surface area contributed by atoms with Crippen molar-refractivity contribution in [3.05, 3.63) is 53.6 Å². The van der Waals surface area contributed by atoms with Gasteiger partial charge in [0.15, 0.2) is 0 Å². The zero-order valence-corrected chi connectivity index (χ0v) is 11.6. The van der Waals surface area contributed by atoms with Gasteiger partial charge in [-0.05, 0) is 30.7 Å². The van der Waals surface area contributed by atoms with Gasteiger partial charge in [-0.3, -0.25) is 9.78 Å². The van der Waals surface area contributed by atoms with Crippen molar-refractivity contribution in [2.24, 2.45) is 0 Å². The Morgan fingerprint density at radius 2 is 2.05 bits per heavy atom. The molecule has 1 aromatic carbocycles. The van der Waals surface area contributed by atoms with E-state index in [4.69, 9.17) is 0 Å². The molecule has 1 N–H and O–H groups in total. The van der Waals surface area contributed by atoms with Crippen molar-refractivity contribution in [2.45, 2.75) is 6.92 Å². The SMILES string of the molecule is Cc1ccc(C(=O)Nc2cnccc2N(C)C)c(F)c1. The predicted molar refractivity (Wildman–Crippen MR) is 77.7 cm³/mol. The molecule has 4 nitrogen and oxygen atoms in total. The molecule has 0 aliphatic carbocycles. The van der Waals surface area contributed by atoms with Gasteiger partial charge in [0, 0.05) is 20.3 Å². The molecule has 2 rings (SSSR count). The van der Waals surface area contributed by atoms with Crippen LogP contribution >= 0.6 is 0 Å². The Hall–Kier alpha value is -2.43. The summed E-state index contributed by atoms with van der Waals surface area (Å²) < 4.78 is 13.8. The molecule has 0 aliphatic heterocycles. The van der Waals surface area contributed by atoms with Crippen LogP contribution in [0.1, 0.15) is 15.9 Å². The van der Waals surface area contributed by atoms with Crippen molar-refractivity contribution in [2.75, 3.05) is 24.3 Å². The second kappa shape index (κ2) is 5.69. The smallest absolute Gasteiger partial charge is 0.258 e. The van der Waals surface area contributed by atoms with Crippen molar-refractivity contribution in [3.63, 3.8) is 0 Å². The summed E-state index contributed by atoms with van der Waals surface area (Å²) in [5.74, 6) is -1.02. The highest BCUT2D eigenvalue weighted by atomic mass is 19.1. The van der Waals surface area contributed by atoms with Crippen LogP contribution in [0.15, 0.2) is 36.7 Å². The Balaban J connectivity index is 2.28. The number of hydrogen-bond donors (Lipinski definition) is 1. The van der Waals surface area contributed by atoms with Crippen molar-refractivity contribution < 1.29 is 9.18 Å². The average Bonchev–Trinajstić information content (AvgIpc) is 2.38. The van der Waals surface area contributed by atoms with Gasteiger partial charge in [0.05, 0.1) is 23.1 Å². The standard InChI is InChI=1S/C15H16FN3O/c1-10-4-5-11(12(16)8-10)15(20)18-13-9-17-7-6-14(13)19(2)3/h4-9H,1-3H3,(H,18,20). The summed E-state index contributed by atoms with van der Waals surface area (Å²) in [5.41, 5.74) is 2.14. The Morgan fingerprint density at radius 3 is 2.70 bits per heavy atom. The van der Waals surface area contributed by atoms with Gasteiger partial charge in [-0.2, -0.15) is 0 Å². The van der Waals surface area contributed by atoms with Crippen molar-refractivity contribution in [3.8, 4) is 0 Å². The van der Waals surface area contributed by atoms with E-state index >= 15 is 0 Å². The molecule has 0 aliphatic rings. The maximum Gasteiger partial charge on any atom is 0.258 e. The van der Waals surface area contributed by atoms with Crippen LogP contribution < -0.4 is 10.2 Å². The summed E-state index contributed by atoms with van der Waals surface area (Å²) in [7, 11) is 3.72. The highest BCUT2D eigenvalue weighted by molar-refractivity contribution is 6.06. The Kier molecular flexibility index (Phi) is 3.98. The van der Waals surface area contributed by atoms with Gasteiger partial charge >= 0.3 is 0 Å². The second-order valence-electron chi connectivity index (χ2n) is 4.72. The number of carbonyl (C=O) groups is 1. The summed E-state index contributed by atoms with van der Waals surface area (Å²) in [5, 5.41) is 2.69. The van der Waals surface area contributed by atoms with Crippen LogP contribution in [-0.2, 0) is 0 Å². The van der Waals surface area contributed by atoms with E-state index in [0.29, 0.717) is 5.69 Å². The number of aromatic nitrogens is 1. The molecule has 1 aromatic heterocycles. The summed E-state index contributed by atoms with van der Waals surface area (Å²) in [6, 6.07) is 6.30. The molecule has 2 aromatic rings. The third-order valence-electron chi connectivity index (χ3n) is 2.90. The van der Waals surface area contributed by atoms with Crippen LogP contribution in [0.4, 0.5) is 15.8 Å². The minimum atomic E-state index is -0.530. The largest absolute Gasteiger partial charge is 0.376 e. The number of carbonyl (C=O) groups excluding carboxylic acids is 1. The zero-order valence-electron chi connectivity index (χ0n) is 11.6. The van der Waals surface area contributed by atoms with Gasteiger partial charge in [0.25, 0.3) is 5.91 Å². The lowest BCUT2D eigenvalue weighted by Gasteiger charge is -2.17. The van der Waals surface area contributed by atoms with E-state index in [0.717, 1.165) is 11.3 Å². The molecule has 0 spiro atoms. The molecule has 0 atom stereocenters. The summed E-state index contributed by atoms with van der Waals surface area (Å²) in [6.07, 6.45) is 3.18. The fourth-order valence-electron chi connectivity index (χ4n) is 1.87. The van der Waals surface area contributed by atoms with E-state index in [1.807, 2.05) is 19.0 Å². The zero-order chi connectivity index (χ0) is 14.7. The third kappa shape index (κ3) is 2.93. The maximum absolute atomic E-state index is 13.8. The van der Waals surface area contributed by atoms with Gasteiger partial charge in [-0.15, -0.1) is 0 Å². The van der Waals surface area contributed by atoms with E-state index in [-0.39, 0.29) is 5.56 Å². The molecule has 0 fully saturated rings. The van der Waals surface area contributed by atoms with Gasteiger partial charge in [-0.1, -0.05) is 6.07 Å². The molecular weight excluding hydrogens is 257 g/mol. The first-order valence-electron chi connectivity index (χ1n) is 6.18. The lowest BCUT2D eigenvalue weighted by atomic mass is 10.1. The number of rotatable bonds is 3. The fourth-order valence-corrected chi connectivity index (χ4v) is 1.87. The molecule has 0 saturated carbocycles. The van der Waals surface area contributed by atoms with E-state index < -0.39 is 11.7 Å². The van der Waals surface area contributed by atoms with Gasteiger partial charge in [0.1, 0.15) is 5.82 Å². The number of nitrogens with one attached hydrogen (secondary N) is 1. The number of pyridine rings is 1. The Labute approximate surface area is 117 Å². The van der Waals surface area contributed by atoms with Crippen molar-refractivity contribution >= 4 is 17.3 Å². The summed E-state index contributed by atoms with van der Waals surface area (Å²) >= 11 is 0. The van der Waals surface area contributed by atoms with Gasteiger partial charge in [-0.25, -0.2) is 4.39 Å². The number of benzene rings is 1.